The lowest BCUT2D eigenvalue weighted by molar-refractivity contribution is 0.128. The summed E-state index contributed by atoms with van der Waals surface area (Å²) in [5.74, 6) is 0. The van der Waals surface area contributed by atoms with Crippen molar-refractivity contribution in [1.29, 1.82) is 0 Å². The lowest BCUT2D eigenvalue weighted by atomic mass is 10.0. The summed E-state index contributed by atoms with van der Waals surface area (Å²) in [5, 5.41) is 3.73. The molecule has 0 bridgehead atoms. The van der Waals surface area contributed by atoms with Crippen LogP contribution >= 0.6 is 0 Å². The van der Waals surface area contributed by atoms with E-state index in [1.165, 1.54) is 31.5 Å². The first kappa shape index (κ1) is 15.3. The largest absolute Gasteiger partial charge is 0.311 e. The van der Waals surface area contributed by atoms with E-state index in [0.29, 0.717) is 12.1 Å². The molecule has 1 N–H and O–H groups in total. The minimum absolute atomic E-state index is 0.589. The molecule has 2 atom stereocenters. The molecule has 0 aromatic heterocycles. The second-order valence-electron chi connectivity index (χ2n) is 5.71. The van der Waals surface area contributed by atoms with E-state index in [-0.39, 0.29) is 0 Å². The van der Waals surface area contributed by atoms with Gasteiger partial charge in [-0.05, 0) is 31.7 Å². The first-order chi connectivity index (χ1) is 9.83. The Labute approximate surface area is 123 Å². The maximum Gasteiger partial charge on any atom is 0.0236 e. The van der Waals surface area contributed by atoms with Gasteiger partial charge in [0, 0.05) is 31.7 Å². The van der Waals surface area contributed by atoms with Crippen molar-refractivity contribution in [3.63, 3.8) is 0 Å². The maximum absolute atomic E-state index is 3.73. The number of nitrogens with zero attached hydrogens (tertiary/aromatic N) is 1. The van der Waals surface area contributed by atoms with E-state index in [2.05, 4.69) is 66.5 Å². The molecular weight excluding hydrogens is 244 g/mol. The molecule has 2 rings (SSSR count). The van der Waals surface area contributed by atoms with Gasteiger partial charge in [0.1, 0.15) is 0 Å². The standard InChI is InChI=1S/C18H28N2/c1-3-5-9-12-20-15-17(19-14-18(20)4-2)13-16-10-7-6-8-11-16/h3,5-8,10-11,17-19H,4,9,12-15H2,1-2H3/b5-3+. The Morgan fingerprint density at radius 3 is 2.80 bits per heavy atom. The summed E-state index contributed by atoms with van der Waals surface area (Å²) >= 11 is 0. The van der Waals surface area contributed by atoms with Crippen LogP contribution in [-0.4, -0.2) is 36.6 Å². The number of allylic oxidation sites excluding steroid dienone is 1. The summed E-state index contributed by atoms with van der Waals surface area (Å²) in [6, 6.07) is 12.1. The fourth-order valence-electron chi connectivity index (χ4n) is 3.05. The van der Waals surface area contributed by atoms with Crippen LogP contribution in [0.25, 0.3) is 0 Å². The Hall–Kier alpha value is -1.12. The van der Waals surface area contributed by atoms with Crippen LogP contribution in [0.5, 0.6) is 0 Å². The highest BCUT2D eigenvalue weighted by Gasteiger charge is 2.25. The average molecular weight is 272 g/mol. The van der Waals surface area contributed by atoms with Crippen molar-refractivity contribution in [2.24, 2.45) is 0 Å². The summed E-state index contributed by atoms with van der Waals surface area (Å²) < 4.78 is 0. The fraction of sp³-hybridized carbons (Fsp3) is 0.556. The number of nitrogens with one attached hydrogen (secondary N) is 1. The monoisotopic (exact) mass is 272 g/mol. The van der Waals surface area contributed by atoms with Gasteiger partial charge in [-0.3, -0.25) is 4.90 Å². The van der Waals surface area contributed by atoms with Crippen LogP contribution in [0, 0.1) is 0 Å². The van der Waals surface area contributed by atoms with E-state index in [9.17, 15) is 0 Å². The third kappa shape index (κ3) is 4.46. The van der Waals surface area contributed by atoms with Crippen LogP contribution in [-0.2, 0) is 6.42 Å². The van der Waals surface area contributed by atoms with E-state index in [1.54, 1.807) is 0 Å². The molecule has 1 aliphatic heterocycles. The minimum Gasteiger partial charge on any atom is -0.311 e. The Morgan fingerprint density at radius 2 is 2.10 bits per heavy atom. The molecule has 0 spiro atoms. The molecule has 0 aliphatic carbocycles. The van der Waals surface area contributed by atoms with Gasteiger partial charge in [-0.2, -0.15) is 0 Å². The van der Waals surface area contributed by atoms with Crippen LogP contribution in [0.2, 0.25) is 0 Å². The van der Waals surface area contributed by atoms with E-state index in [0.717, 1.165) is 13.0 Å². The number of rotatable bonds is 6. The van der Waals surface area contributed by atoms with Crippen LogP contribution in [0.1, 0.15) is 32.3 Å². The highest BCUT2D eigenvalue weighted by atomic mass is 15.2. The molecule has 1 aliphatic rings. The van der Waals surface area contributed by atoms with Crippen molar-refractivity contribution < 1.29 is 0 Å². The predicted molar refractivity (Wildman–Crippen MR) is 87.0 cm³/mol. The first-order valence-corrected chi connectivity index (χ1v) is 7.96. The quantitative estimate of drug-likeness (QED) is 0.800. The molecule has 2 unspecified atom stereocenters. The molecule has 0 amide bonds. The lowest BCUT2D eigenvalue weighted by Gasteiger charge is -2.40. The van der Waals surface area contributed by atoms with E-state index < -0.39 is 0 Å². The highest BCUT2D eigenvalue weighted by molar-refractivity contribution is 5.16. The molecule has 1 aromatic rings. The topological polar surface area (TPSA) is 15.3 Å². The molecule has 0 radical (unpaired) electrons. The van der Waals surface area contributed by atoms with Gasteiger partial charge < -0.3 is 5.32 Å². The zero-order valence-corrected chi connectivity index (χ0v) is 12.9. The second-order valence-corrected chi connectivity index (χ2v) is 5.71. The van der Waals surface area contributed by atoms with Gasteiger partial charge in [0.25, 0.3) is 0 Å². The molecule has 1 fully saturated rings. The van der Waals surface area contributed by atoms with Crippen LogP contribution in [0.4, 0.5) is 0 Å². The SMILES string of the molecule is C/C=C/CCN1CC(Cc2ccccc2)NCC1CC. The van der Waals surface area contributed by atoms with Gasteiger partial charge in [0.2, 0.25) is 0 Å². The molecule has 1 saturated heterocycles. The molecular formula is C18H28N2. The second kappa shape index (κ2) is 8.23. The Kier molecular flexibility index (Phi) is 6.28. The van der Waals surface area contributed by atoms with Crippen molar-refractivity contribution >= 4 is 0 Å². The number of piperazine rings is 1. The highest BCUT2D eigenvalue weighted by Crippen LogP contribution is 2.14. The third-order valence-electron chi connectivity index (χ3n) is 4.23. The molecule has 2 heteroatoms. The molecule has 20 heavy (non-hydrogen) atoms. The summed E-state index contributed by atoms with van der Waals surface area (Å²) in [4.78, 5) is 2.67. The maximum atomic E-state index is 3.73. The molecule has 110 valence electrons. The number of benzene rings is 1. The Morgan fingerprint density at radius 1 is 1.30 bits per heavy atom. The molecule has 0 saturated carbocycles. The zero-order valence-electron chi connectivity index (χ0n) is 12.9. The van der Waals surface area contributed by atoms with Gasteiger partial charge in [-0.1, -0.05) is 49.4 Å². The number of hydrogen-bond donors (Lipinski definition) is 1. The molecule has 1 heterocycles. The minimum atomic E-state index is 0.589. The predicted octanol–water partition coefficient (Wildman–Crippen LogP) is 3.25. The van der Waals surface area contributed by atoms with Crippen molar-refractivity contribution in [2.75, 3.05) is 19.6 Å². The van der Waals surface area contributed by atoms with Crippen molar-refractivity contribution in [3.05, 3.63) is 48.0 Å². The molecule has 1 aromatic carbocycles. The third-order valence-corrected chi connectivity index (χ3v) is 4.23. The van der Waals surface area contributed by atoms with E-state index in [1.807, 2.05) is 0 Å². The van der Waals surface area contributed by atoms with Gasteiger partial charge in [-0.15, -0.1) is 0 Å². The van der Waals surface area contributed by atoms with Gasteiger partial charge >= 0.3 is 0 Å². The zero-order chi connectivity index (χ0) is 14.2. The Bertz CT molecular complexity index is 399. The van der Waals surface area contributed by atoms with Crippen molar-refractivity contribution in [1.82, 2.24) is 10.2 Å². The summed E-state index contributed by atoms with van der Waals surface area (Å²) in [7, 11) is 0. The summed E-state index contributed by atoms with van der Waals surface area (Å²) in [5.41, 5.74) is 1.44. The van der Waals surface area contributed by atoms with Crippen LogP contribution < -0.4 is 5.32 Å². The van der Waals surface area contributed by atoms with E-state index >= 15 is 0 Å². The van der Waals surface area contributed by atoms with Crippen molar-refractivity contribution in [2.45, 2.75) is 45.2 Å². The smallest absolute Gasteiger partial charge is 0.0236 e. The summed E-state index contributed by atoms with van der Waals surface area (Å²) in [6.07, 6.45) is 7.98. The Balaban J connectivity index is 1.89. The average Bonchev–Trinajstić information content (AvgIpc) is 2.49. The van der Waals surface area contributed by atoms with E-state index in [4.69, 9.17) is 0 Å². The number of hydrogen-bond acceptors (Lipinski definition) is 2. The first-order valence-electron chi connectivity index (χ1n) is 7.96. The summed E-state index contributed by atoms with van der Waals surface area (Å²) in [6.45, 7) is 7.89. The van der Waals surface area contributed by atoms with Crippen LogP contribution in [0.15, 0.2) is 42.5 Å². The molecule has 2 nitrogen and oxygen atoms in total. The van der Waals surface area contributed by atoms with Gasteiger partial charge in [-0.25, -0.2) is 0 Å². The van der Waals surface area contributed by atoms with Gasteiger partial charge in [0.05, 0.1) is 0 Å². The van der Waals surface area contributed by atoms with Gasteiger partial charge in [0.15, 0.2) is 0 Å². The lowest BCUT2D eigenvalue weighted by Crippen LogP contribution is -2.57. The van der Waals surface area contributed by atoms with Crippen molar-refractivity contribution in [3.8, 4) is 0 Å². The normalized spacial score (nSPS) is 24.3. The van der Waals surface area contributed by atoms with Crippen LogP contribution in [0.3, 0.4) is 0 Å². The fourth-order valence-corrected chi connectivity index (χ4v) is 3.05.